The van der Waals surface area contributed by atoms with Crippen LogP contribution < -0.4 is 11.1 Å². The van der Waals surface area contributed by atoms with Gasteiger partial charge in [-0.15, -0.1) is 0 Å². The normalized spacial score (nSPS) is 10.8. The van der Waals surface area contributed by atoms with Crippen molar-refractivity contribution < 1.29 is 4.79 Å². The van der Waals surface area contributed by atoms with Crippen molar-refractivity contribution in [2.24, 2.45) is 14.1 Å². The minimum Gasteiger partial charge on any atom is -0.395 e. The van der Waals surface area contributed by atoms with E-state index in [0.717, 1.165) is 17.0 Å². The predicted molar refractivity (Wildman–Crippen MR) is 76.1 cm³/mol. The molecule has 0 aliphatic rings. The van der Waals surface area contributed by atoms with Gasteiger partial charge in [-0.25, -0.2) is 0 Å². The van der Waals surface area contributed by atoms with E-state index in [2.05, 4.69) is 15.5 Å². The zero-order valence-electron chi connectivity index (χ0n) is 12.3. The highest BCUT2D eigenvalue weighted by Gasteiger charge is 2.19. The van der Waals surface area contributed by atoms with E-state index in [0.29, 0.717) is 24.3 Å². The third-order valence-corrected chi connectivity index (χ3v) is 3.49. The number of nitrogens with two attached hydrogens (primary N) is 1. The Morgan fingerprint density at radius 1 is 1.40 bits per heavy atom. The molecular weight excluding hydrogens is 256 g/mol. The van der Waals surface area contributed by atoms with E-state index in [1.54, 1.807) is 17.9 Å². The Hall–Kier alpha value is -2.31. The lowest BCUT2D eigenvalue weighted by molar-refractivity contribution is 0.0942. The number of nitrogens with one attached hydrogen (secondary N) is 1. The van der Waals surface area contributed by atoms with Crippen molar-refractivity contribution in [3.63, 3.8) is 0 Å². The first kappa shape index (κ1) is 14.1. The molecule has 2 heterocycles. The summed E-state index contributed by atoms with van der Waals surface area (Å²) in [6.07, 6.45) is 2.45. The Bertz CT molecular complexity index is 640. The standard InChI is InChI=1S/C13H20N6O/c1-5-10-11(14)12(19(4)17-10)13(20)15-6-9-7-16-18(3)8(9)2/h7H,5-6,14H2,1-4H3,(H,15,20). The molecule has 7 nitrogen and oxygen atoms in total. The SMILES string of the molecule is CCc1nn(C)c(C(=O)NCc2cnn(C)c2C)c1N. The Balaban J connectivity index is 2.13. The van der Waals surface area contributed by atoms with Gasteiger partial charge in [0.2, 0.25) is 0 Å². The maximum Gasteiger partial charge on any atom is 0.271 e. The fourth-order valence-corrected chi connectivity index (χ4v) is 2.10. The van der Waals surface area contributed by atoms with Crippen molar-refractivity contribution in [2.75, 3.05) is 5.73 Å². The number of carbonyl (C=O) groups excluding carboxylic acids is 1. The summed E-state index contributed by atoms with van der Waals surface area (Å²) >= 11 is 0. The second-order valence-electron chi connectivity index (χ2n) is 4.75. The molecule has 3 N–H and O–H groups in total. The average Bonchev–Trinajstić information content (AvgIpc) is 2.88. The van der Waals surface area contributed by atoms with Gasteiger partial charge in [-0.1, -0.05) is 6.92 Å². The highest BCUT2D eigenvalue weighted by Crippen LogP contribution is 2.17. The third kappa shape index (κ3) is 2.38. The number of nitrogen functional groups attached to an aromatic ring is 1. The van der Waals surface area contributed by atoms with Crippen LogP contribution in [0.4, 0.5) is 5.69 Å². The molecule has 0 atom stereocenters. The lowest BCUT2D eigenvalue weighted by Crippen LogP contribution is -2.26. The highest BCUT2D eigenvalue weighted by atomic mass is 16.2. The number of carbonyl (C=O) groups is 1. The van der Waals surface area contributed by atoms with E-state index < -0.39 is 0 Å². The van der Waals surface area contributed by atoms with Gasteiger partial charge in [0.25, 0.3) is 5.91 Å². The van der Waals surface area contributed by atoms with Crippen molar-refractivity contribution in [1.29, 1.82) is 0 Å². The van der Waals surface area contributed by atoms with Crippen molar-refractivity contribution in [3.8, 4) is 0 Å². The minimum atomic E-state index is -0.222. The van der Waals surface area contributed by atoms with Crippen LogP contribution in [0.5, 0.6) is 0 Å². The van der Waals surface area contributed by atoms with Gasteiger partial charge in [-0.3, -0.25) is 14.2 Å². The van der Waals surface area contributed by atoms with Crippen LogP contribution in [0.2, 0.25) is 0 Å². The summed E-state index contributed by atoms with van der Waals surface area (Å²) in [5.41, 5.74) is 9.57. The summed E-state index contributed by atoms with van der Waals surface area (Å²) in [7, 11) is 3.59. The Kier molecular flexibility index (Phi) is 3.78. The summed E-state index contributed by atoms with van der Waals surface area (Å²) in [6.45, 7) is 4.34. The van der Waals surface area contributed by atoms with Gasteiger partial charge >= 0.3 is 0 Å². The molecule has 2 aromatic rings. The van der Waals surface area contributed by atoms with Gasteiger partial charge < -0.3 is 11.1 Å². The fourth-order valence-electron chi connectivity index (χ4n) is 2.10. The molecule has 0 bridgehead atoms. The van der Waals surface area contributed by atoms with Gasteiger partial charge in [0, 0.05) is 31.9 Å². The van der Waals surface area contributed by atoms with Crippen LogP contribution in [0.3, 0.4) is 0 Å². The monoisotopic (exact) mass is 276 g/mol. The number of hydrogen-bond donors (Lipinski definition) is 2. The summed E-state index contributed by atoms with van der Waals surface area (Å²) in [4.78, 5) is 12.2. The molecule has 1 amide bonds. The second-order valence-corrected chi connectivity index (χ2v) is 4.75. The second kappa shape index (κ2) is 5.36. The van der Waals surface area contributed by atoms with Crippen LogP contribution in [0.15, 0.2) is 6.20 Å². The van der Waals surface area contributed by atoms with E-state index in [1.807, 2.05) is 20.9 Å². The summed E-state index contributed by atoms with van der Waals surface area (Å²) in [5, 5.41) is 11.2. The molecule has 0 spiro atoms. The van der Waals surface area contributed by atoms with E-state index in [9.17, 15) is 4.79 Å². The number of hydrogen-bond acceptors (Lipinski definition) is 4. The van der Waals surface area contributed by atoms with Crippen LogP contribution >= 0.6 is 0 Å². The summed E-state index contributed by atoms with van der Waals surface area (Å²) < 4.78 is 3.30. The first-order valence-corrected chi connectivity index (χ1v) is 6.52. The molecule has 0 radical (unpaired) electrons. The molecule has 0 aromatic carbocycles. The molecule has 0 fully saturated rings. The van der Waals surface area contributed by atoms with Crippen molar-refractivity contribution in [2.45, 2.75) is 26.8 Å². The molecule has 0 unspecified atom stereocenters. The largest absolute Gasteiger partial charge is 0.395 e. The molecular formula is C13H20N6O. The molecule has 2 aromatic heterocycles. The Morgan fingerprint density at radius 3 is 2.60 bits per heavy atom. The number of rotatable bonds is 4. The lowest BCUT2D eigenvalue weighted by Gasteiger charge is -2.06. The van der Waals surface area contributed by atoms with Gasteiger partial charge in [-0.05, 0) is 13.3 Å². The van der Waals surface area contributed by atoms with Gasteiger partial charge in [0.15, 0.2) is 0 Å². The average molecular weight is 276 g/mol. The quantitative estimate of drug-likeness (QED) is 0.852. The zero-order chi connectivity index (χ0) is 14.9. The van der Waals surface area contributed by atoms with Crippen molar-refractivity contribution in [1.82, 2.24) is 24.9 Å². The number of nitrogens with zero attached hydrogens (tertiary/aromatic N) is 4. The predicted octanol–water partition coefficient (Wildman–Crippen LogP) is 0.537. The summed E-state index contributed by atoms with van der Waals surface area (Å²) in [6, 6.07) is 0. The van der Waals surface area contributed by atoms with E-state index in [-0.39, 0.29) is 5.91 Å². The Labute approximate surface area is 117 Å². The maximum atomic E-state index is 12.2. The van der Waals surface area contributed by atoms with Gasteiger partial charge in [-0.2, -0.15) is 10.2 Å². The molecule has 0 aliphatic carbocycles. The van der Waals surface area contributed by atoms with E-state index >= 15 is 0 Å². The first-order chi connectivity index (χ1) is 9.45. The number of anilines is 1. The molecule has 0 saturated carbocycles. The molecule has 20 heavy (non-hydrogen) atoms. The molecule has 108 valence electrons. The number of aryl methyl sites for hydroxylation is 3. The number of amides is 1. The maximum absolute atomic E-state index is 12.2. The third-order valence-electron chi connectivity index (χ3n) is 3.49. The molecule has 2 rings (SSSR count). The Morgan fingerprint density at radius 2 is 2.10 bits per heavy atom. The zero-order valence-corrected chi connectivity index (χ0v) is 12.3. The first-order valence-electron chi connectivity index (χ1n) is 6.52. The topological polar surface area (TPSA) is 90.8 Å². The van der Waals surface area contributed by atoms with Crippen LogP contribution in [-0.2, 0) is 27.1 Å². The highest BCUT2D eigenvalue weighted by molar-refractivity contribution is 5.97. The van der Waals surface area contributed by atoms with Gasteiger partial charge in [0.1, 0.15) is 5.69 Å². The molecule has 0 saturated heterocycles. The van der Waals surface area contributed by atoms with Gasteiger partial charge in [0.05, 0.1) is 17.6 Å². The fraction of sp³-hybridized carbons (Fsp3) is 0.462. The number of aromatic nitrogens is 4. The van der Waals surface area contributed by atoms with Crippen molar-refractivity contribution in [3.05, 3.63) is 28.8 Å². The van der Waals surface area contributed by atoms with Crippen molar-refractivity contribution >= 4 is 11.6 Å². The molecule has 0 aliphatic heterocycles. The lowest BCUT2D eigenvalue weighted by atomic mass is 10.2. The van der Waals surface area contributed by atoms with Crippen LogP contribution in [0.1, 0.15) is 34.4 Å². The molecule has 7 heteroatoms. The van der Waals surface area contributed by atoms with E-state index in [1.165, 1.54) is 4.68 Å². The van der Waals surface area contributed by atoms with Crippen LogP contribution in [0, 0.1) is 6.92 Å². The summed E-state index contributed by atoms with van der Waals surface area (Å²) in [5.74, 6) is -0.222. The van der Waals surface area contributed by atoms with Crippen LogP contribution in [-0.4, -0.2) is 25.5 Å². The minimum absolute atomic E-state index is 0.222. The smallest absolute Gasteiger partial charge is 0.271 e. The van der Waals surface area contributed by atoms with Crippen LogP contribution in [0.25, 0.3) is 0 Å². The van der Waals surface area contributed by atoms with E-state index in [4.69, 9.17) is 5.73 Å².